The van der Waals surface area contributed by atoms with Crippen LogP contribution in [0.4, 0.5) is 5.69 Å². The van der Waals surface area contributed by atoms with Crippen LogP contribution >= 0.6 is 0 Å². The van der Waals surface area contributed by atoms with E-state index >= 15 is 0 Å². The molecule has 1 unspecified atom stereocenters. The first-order valence-electron chi connectivity index (χ1n) is 5.34. The van der Waals surface area contributed by atoms with Crippen molar-refractivity contribution in [1.82, 2.24) is 0 Å². The predicted octanol–water partition coefficient (Wildman–Crippen LogP) is 0.658. The highest BCUT2D eigenvalue weighted by Crippen LogP contribution is 2.07. The summed E-state index contributed by atoms with van der Waals surface area (Å²) in [4.78, 5) is 5.54. The third-order valence-corrected chi connectivity index (χ3v) is 2.42. The maximum atomic E-state index is 9.08. The highest BCUT2D eigenvalue weighted by Gasteiger charge is 2.19. The molecule has 1 aliphatic heterocycles. The lowest BCUT2D eigenvalue weighted by molar-refractivity contribution is -0.673. The number of para-hydroxylation sites is 1. The van der Waals surface area contributed by atoms with Crippen LogP contribution in [0.5, 0.6) is 0 Å². The van der Waals surface area contributed by atoms with Crippen LogP contribution in [-0.4, -0.2) is 25.6 Å². The maximum absolute atomic E-state index is 9.08. The Labute approximate surface area is 107 Å². The Morgan fingerprint density at radius 1 is 1.17 bits per heavy atom. The fourth-order valence-electron chi connectivity index (χ4n) is 1.46. The van der Waals surface area contributed by atoms with E-state index in [0.717, 1.165) is 5.70 Å². The van der Waals surface area contributed by atoms with Crippen LogP contribution in [0.15, 0.2) is 46.7 Å². The van der Waals surface area contributed by atoms with Crippen molar-refractivity contribution in [3.05, 3.63) is 41.7 Å². The molecule has 6 heteroatoms. The Balaban J connectivity index is 0.000000280. The Kier molecular flexibility index (Phi) is 4.77. The molecule has 0 aliphatic carbocycles. The number of nitrogens with one attached hydrogen (secondary N) is 1. The van der Waals surface area contributed by atoms with Gasteiger partial charge in [0.15, 0.2) is 6.34 Å². The summed E-state index contributed by atoms with van der Waals surface area (Å²) in [7, 11) is -3.92. The summed E-state index contributed by atoms with van der Waals surface area (Å²) in [6, 6.07) is 10.4. The van der Waals surface area contributed by atoms with Crippen LogP contribution in [0.3, 0.4) is 0 Å². The molecule has 1 aromatic carbocycles. The van der Waals surface area contributed by atoms with E-state index in [1.165, 1.54) is 16.3 Å². The minimum absolute atomic E-state index is 0.604. The first-order chi connectivity index (χ1) is 8.29. The van der Waals surface area contributed by atoms with Gasteiger partial charge in [-0.15, -0.1) is 0 Å². The van der Waals surface area contributed by atoms with E-state index in [0.29, 0.717) is 6.26 Å². The van der Waals surface area contributed by atoms with Gasteiger partial charge in [0.2, 0.25) is 0 Å². The van der Waals surface area contributed by atoms with E-state index in [1.807, 2.05) is 19.3 Å². The average molecular weight is 268 g/mol. The molecule has 0 spiro atoms. The van der Waals surface area contributed by atoms with E-state index in [4.69, 9.17) is 13.0 Å². The monoisotopic (exact) mass is 268 g/mol. The van der Waals surface area contributed by atoms with Crippen LogP contribution in [-0.2, 0) is 10.1 Å². The largest absolute Gasteiger partial charge is 0.748 e. The molecule has 1 aliphatic rings. The van der Waals surface area contributed by atoms with Gasteiger partial charge in [-0.2, -0.15) is 0 Å². The smallest absolute Gasteiger partial charge is 0.198 e. The number of benzene rings is 1. The Morgan fingerprint density at radius 3 is 2.06 bits per heavy atom. The quantitative estimate of drug-likeness (QED) is 0.760. The van der Waals surface area contributed by atoms with Gasteiger partial charge >= 0.3 is 0 Å². The lowest BCUT2D eigenvalue weighted by Crippen LogP contribution is -3.02. The molecule has 2 rings (SSSR count). The van der Waals surface area contributed by atoms with Crippen LogP contribution in [0.1, 0.15) is 13.8 Å². The molecule has 1 atom stereocenters. The maximum Gasteiger partial charge on any atom is 0.198 e. The molecule has 5 nitrogen and oxygen atoms in total. The lowest BCUT2D eigenvalue weighted by Gasteiger charge is -2.08. The standard InChI is InChI=1S/C11H12N2.CH4O3S/c1-9-10(2)13(8-12-9)11-6-4-3-5-7-11;1-5(2,3)4/h3-8H,1-2H3;1H3,(H,2,3,4). The van der Waals surface area contributed by atoms with Crippen molar-refractivity contribution in [1.29, 1.82) is 0 Å². The molecular weight excluding hydrogens is 252 g/mol. The molecule has 0 amide bonds. The van der Waals surface area contributed by atoms with Crippen LogP contribution < -0.4 is 4.90 Å². The molecule has 1 heterocycles. The Morgan fingerprint density at radius 2 is 1.67 bits per heavy atom. The second kappa shape index (κ2) is 5.90. The zero-order valence-electron chi connectivity index (χ0n) is 10.5. The topological polar surface area (TPSA) is 74.0 Å². The molecule has 0 aromatic heterocycles. The van der Waals surface area contributed by atoms with E-state index < -0.39 is 10.1 Å². The zero-order valence-corrected chi connectivity index (χ0v) is 11.4. The number of hydrogen-bond donors (Lipinski definition) is 1. The van der Waals surface area contributed by atoms with Crippen molar-refractivity contribution >= 4 is 22.1 Å². The first kappa shape index (κ1) is 14.6. The molecule has 0 radical (unpaired) electrons. The van der Waals surface area contributed by atoms with Gasteiger partial charge in [0.05, 0.1) is 15.8 Å². The zero-order chi connectivity index (χ0) is 13.8. The minimum Gasteiger partial charge on any atom is -0.748 e. The Hall–Kier alpha value is -1.50. The van der Waals surface area contributed by atoms with Crippen molar-refractivity contribution in [2.45, 2.75) is 13.8 Å². The summed E-state index contributed by atoms with van der Waals surface area (Å²) in [5.41, 5.74) is 3.66. The third-order valence-electron chi connectivity index (χ3n) is 2.42. The van der Waals surface area contributed by atoms with Crippen LogP contribution in [0.2, 0.25) is 0 Å². The number of aliphatic imine (C=N–C) groups is 1. The van der Waals surface area contributed by atoms with Gasteiger partial charge in [0.25, 0.3) is 0 Å². The normalized spacial score (nSPS) is 18.6. The van der Waals surface area contributed by atoms with Gasteiger partial charge in [-0.05, 0) is 19.1 Å². The molecule has 0 bridgehead atoms. The molecule has 0 saturated carbocycles. The van der Waals surface area contributed by atoms with E-state index in [9.17, 15) is 0 Å². The van der Waals surface area contributed by atoms with Gasteiger partial charge in [-0.25, -0.2) is 18.3 Å². The fourth-order valence-corrected chi connectivity index (χ4v) is 1.46. The summed E-state index contributed by atoms with van der Waals surface area (Å²) in [6.45, 7) is 4.16. The second-order valence-electron chi connectivity index (χ2n) is 3.95. The van der Waals surface area contributed by atoms with Crippen molar-refractivity contribution in [2.75, 3.05) is 6.26 Å². The summed E-state index contributed by atoms with van der Waals surface area (Å²) in [5, 5.41) is 0. The van der Waals surface area contributed by atoms with Crippen LogP contribution in [0, 0.1) is 0 Å². The van der Waals surface area contributed by atoms with E-state index in [1.54, 1.807) is 0 Å². The van der Waals surface area contributed by atoms with Crippen molar-refractivity contribution in [2.24, 2.45) is 4.99 Å². The van der Waals surface area contributed by atoms with Crippen molar-refractivity contribution in [3.63, 3.8) is 0 Å². The SMILES string of the molecule is CC1=C(C)[NH+](c2ccccc2)C=N1.CS(=O)(=O)[O-]. The average Bonchev–Trinajstić information content (AvgIpc) is 2.59. The molecule has 98 valence electrons. The fraction of sp³-hybridized carbons (Fsp3) is 0.250. The summed E-state index contributed by atoms with van der Waals surface area (Å²) in [5.74, 6) is 0. The first-order valence-corrected chi connectivity index (χ1v) is 7.16. The molecular formula is C12H16N2O3S. The highest BCUT2D eigenvalue weighted by molar-refractivity contribution is 7.84. The summed E-state index contributed by atoms with van der Waals surface area (Å²) < 4.78 is 27.2. The van der Waals surface area contributed by atoms with Gasteiger partial charge < -0.3 is 4.55 Å². The highest BCUT2D eigenvalue weighted by atomic mass is 32.2. The number of quaternary nitrogens is 1. The van der Waals surface area contributed by atoms with Gasteiger partial charge in [-0.1, -0.05) is 18.2 Å². The number of hydrogen-bond acceptors (Lipinski definition) is 4. The van der Waals surface area contributed by atoms with E-state index in [2.05, 4.69) is 36.2 Å². The third kappa shape index (κ3) is 4.79. The van der Waals surface area contributed by atoms with Gasteiger partial charge in [0, 0.05) is 13.2 Å². The minimum atomic E-state index is -3.92. The molecule has 1 N–H and O–H groups in total. The number of rotatable bonds is 1. The van der Waals surface area contributed by atoms with E-state index in [-0.39, 0.29) is 0 Å². The van der Waals surface area contributed by atoms with Gasteiger partial charge in [0.1, 0.15) is 11.4 Å². The Bertz CT molecular complexity index is 554. The molecule has 0 fully saturated rings. The molecule has 18 heavy (non-hydrogen) atoms. The lowest BCUT2D eigenvalue weighted by atomic mass is 10.3. The molecule has 0 saturated heterocycles. The second-order valence-corrected chi connectivity index (χ2v) is 5.36. The molecule has 1 aromatic rings. The van der Waals surface area contributed by atoms with Gasteiger partial charge in [-0.3, -0.25) is 0 Å². The summed E-state index contributed by atoms with van der Waals surface area (Å²) in [6.07, 6.45) is 2.55. The summed E-state index contributed by atoms with van der Waals surface area (Å²) >= 11 is 0. The number of nitrogens with zero attached hydrogens (tertiary/aromatic N) is 1. The number of allylic oxidation sites excluding steroid dienone is 2. The predicted molar refractivity (Wildman–Crippen MR) is 69.6 cm³/mol. The van der Waals surface area contributed by atoms with Crippen LogP contribution in [0.25, 0.3) is 0 Å². The van der Waals surface area contributed by atoms with Crippen molar-refractivity contribution < 1.29 is 17.9 Å². The van der Waals surface area contributed by atoms with Crippen molar-refractivity contribution in [3.8, 4) is 0 Å².